The highest BCUT2D eigenvalue weighted by molar-refractivity contribution is 9.10. The fourth-order valence-corrected chi connectivity index (χ4v) is 4.29. The Labute approximate surface area is 206 Å². The SMILES string of the molecule is COc1ccc(-c2nn(-c3ccccc3)cc2C=NNS(=O)(=O)c2ccc(Br)cc2)cc1OC. The van der Waals surface area contributed by atoms with Gasteiger partial charge in [0.25, 0.3) is 10.0 Å². The van der Waals surface area contributed by atoms with Crippen LogP contribution in [0.2, 0.25) is 0 Å². The van der Waals surface area contributed by atoms with E-state index in [1.807, 2.05) is 36.4 Å². The Morgan fingerprint density at radius 1 is 0.971 bits per heavy atom. The van der Waals surface area contributed by atoms with Crippen LogP contribution in [0.4, 0.5) is 0 Å². The molecule has 0 aliphatic heterocycles. The second-order valence-electron chi connectivity index (χ2n) is 7.09. The summed E-state index contributed by atoms with van der Waals surface area (Å²) in [6.45, 7) is 0. The quantitative estimate of drug-likeness (QED) is 0.259. The summed E-state index contributed by atoms with van der Waals surface area (Å²) in [4.78, 5) is 2.36. The third-order valence-electron chi connectivity index (χ3n) is 4.92. The van der Waals surface area contributed by atoms with Crippen molar-refractivity contribution in [1.82, 2.24) is 14.6 Å². The van der Waals surface area contributed by atoms with Crippen LogP contribution in [0.15, 0.2) is 93.5 Å². The van der Waals surface area contributed by atoms with Crippen LogP contribution in [0.3, 0.4) is 0 Å². The Morgan fingerprint density at radius 3 is 2.35 bits per heavy atom. The molecule has 0 saturated carbocycles. The van der Waals surface area contributed by atoms with Crippen molar-refractivity contribution in [3.8, 4) is 28.4 Å². The average molecular weight is 541 g/mol. The van der Waals surface area contributed by atoms with Crippen LogP contribution in [0, 0.1) is 0 Å². The van der Waals surface area contributed by atoms with Gasteiger partial charge < -0.3 is 9.47 Å². The monoisotopic (exact) mass is 540 g/mol. The van der Waals surface area contributed by atoms with E-state index >= 15 is 0 Å². The molecule has 0 fully saturated rings. The van der Waals surface area contributed by atoms with Crippen molar-refractivity contribution in [2.75, 3.05) is 14.2 Å². The smallest absolute Gasteiger partial charge is 0.276 e. The first-order valence-corrected chi connectivity index (χ1v) is 12.4. The lowest BCUT2D eigenvalue weighted by atomic mass is 10.1. The molecule has 0 spiro atoms. The first-order valence-electron chi connectivity index (χ1n) is 10.1. The zero-order valence-corrected chi connectivity index (χ0v) is 20.7. The summed E-state index contributed by atoms with van der Waals surface area (Å²) in [5, 5.41) is 8.71. The van der Waals surface area contributed by atoms with Crippen molar-refractivity contribution in [3.63, 3.8) is 0 Å². The maximum absolute atomic E-state index is 12.6. The number of aromatic nitrogens is 2. The predicted molar refractivity (Wildman–Crippen MR) is 134 cm³/mol. The van der Waals surface area contributed by atoms with Crippen LogP contribution in [-0.4, -0.2) is 38.6 Å². The molecule has 1 aromatic heterocycles. The molecular formula is C24H21BrN4O4S. The summed E-state index contributed by atoms with van der Waals surface area (Å²) in [5.74, 6) is 1.14. The molecule has 8 nitrogen and oxygen atoms in total. The van der Waals surface area contributed by atoms with Crippen LogP contribution in [0.1, 0.15) is 5.56 Å². The zero-order valence-electron chi connectivity index (χ0n) is 18.3. The number of methoxy groups -OCH3 is 2. The second-order valence-corrected chi connectivity index (χ2v) is 9.67. The van der Waals surface area contributed by atoms with Crippen LogP contribution in [0.5, 0.6) is 11.5 Å². The molecule has 174 valence electrons. The highest BCUT2D eigenvalue weighted by Gasteiger charge is 2.15. The summed E-state index contributed by atoms with van der Waals surface area (Å²) in [6, 6.07) is 21.3. The third kappa shape index (κ3) is 5.13. The molecule has 0 bridgehead atoms. The Bertz CT molecular complexity index is 1420. The standard InChI is InChI=1S/C24H21BrN4O4S/c1-32-22-13-8-17(14-23(22)33-2)24-18(16-29(27-24)20-6-4-3-5-7-20)15-26-28-34(30,31)21-11-9-19(25)10-12-21/h3-16,28H,1-2H3. The Hall–Kier alpha value is -3.63. The molecule has 1 N–H and O–H groups in total. The van der Waals surface area contributed by atoms with E-state index in [4.69, 9.17) is 14.6 Å². The van der Waals surface area contributed by atoms with E-state index in [0.717, 1.165) is 15.7 Å². The van der Waals surface area contributed by atoms with Crippen molar-refractivity contribution < 1.29 is 17.9 Å². The molecule has 0 saturated heterocycles. The Balaban J connectivity index is 1.71. The second kappa shape index (κ2) is 10.1. The topological polar surface area (TPSA) is 94.8 Å². The van der Waals surface area contributed by atoms with Gasteiger partial charge in [-0.25, -0.2) is 9.51 Å². The summed E-state index contributed by atoms with van der Waals surface area (Å²) in [7, 11) is -0.696. The minimum absolute atomic E-state index is 0.105. The van der Waals surface area contributed by atoms with E-state index in [2.05, 4.69) is 25.9 Å². The molecule has 0 aliphatic carbocycles. The molecule has 0 amide bonds. The normalized spacial score (nSPS) is 11.5. The number of rotatable bonds is 8. The number of nitrogens with zero attached hydrogens (tertiary/aromatic N) is 3. The fourth-order valence-electron chi connectivity index (χ4n) is 3.23. The van der Waals surface area contributed by atoms with E-state index < -0.39 is 10.0 Å². The molecule has 3 aromatic carbocycles. The molecular weight excluding hydrogens is 520 g/mol. The lowest BCUT2D eigenvalue weighted by molar-refractivity contribution is 0.355. The number of halogens is 1. The van der Waals surface area contributed by atoms with Gasteiger partial charge in [0.1, 0.15) is 5.69 Å². The summed E-state index contributed by atoms with van der Waals surface area (Å²) >= 11 is 3.30. The van der Waals surface area contributed by atoms with Crippen molar-refractivity contribution in [3.05, 3.63) is 89.0 Å². The van der Waals surface area contributed by atoms with Gasteiger partial charge >= 0.3 is 0 Å². The van der Waals surface area contributed by atoms with Crippen LogP contribution in [0.25, 0.3) is 16.9 Å². The third-order valence-corrected chi connectivity index (χ3v) is 6.69. The van der Waals surface area contributed by atoms with E-state index in [1.165, 1.54) is 18.3 Å². The van der Waals surface area contributed by atoms with Gasteiger partial charge in [0, 0.05) is 21.8 Å². The molecule has 1 heterocycles. The van der Waals surface area contributed by atoms with Gasteiger partial charge in [-0.1, -0.05) is 34.1 Å². The summed E-state index contributed by atoms with van der Waals surface area (Å²) < 4.78 is 38.4. The van der Waals surface area contributed by atoms with Crippen LogP contribution >= 0.6 is 15.9 Å². The molecule has 4 aromatic rings. The van der Waals surface area contributed by atoms with Gasteiger partial charge in [0.2, 0.25) is 0 Å². The largest absolute Gasteiger partial charge is 0.493 e. The number of benzene rings is 3. The van der Waals surface area contributed by atoms with Crippen molar-refractivity contribution >= 4 is 32.2 Å². The first-order chi connectivity index (χ1) is 16.4. The van der Waals surface area contributed by atoms with Gasteiger partial charge in [0.05, 0.1) is 31.0 Å². The van der Waals surface area contributed by atoms with Crippen LogP contribution < -0.4 is 14.3 Å². The Morgan fingerprint density at radius 2 is 1.68 bits per heavy atom. The molecule has 0 radical (unpaired) electrons. The zero-order chi connectivity index (χ0) is 24.1. The summed E-state index contributed by atoms with van der Waals surface area (Å²) in [6.07, 6.45) is 3.20. The fraction of sp³-hybridized carbons (Fsp3) is 0.0833. The van der Waals surface area contributed by atoms with Crippen LogP contribution in [-0.2, 0) is 10.0 Å². The van der Waals surface area contributed by atoms with E-state index in [9.17, 15) is 8.42 Å². The number of hydrazone groups is 1. The highest BCUT2D eigenvalue weighted by atomic mass is 79.9. The lowest BCUT2D eigenvalue weighted by Crippen LogP contribution is -2.18. The predicted octanol–water partition coefficient (Wildman–Crippen LogP) is 4.63. The van der Waals surface area contributed by atoms with Crippen molar-refractivity contribution in [1.29, 1.82) is 0 Å². The Kier molecular flexibility index (Phi) is 6.99. The maximum Gasteiger partial charge on any atom is 0.276 e. The summed E-state index contributed by atoms with van der Waals surface area (Å²) in [5.41, 5.74) is 2.80. The van der Waals surface area contributed by atoms with E-state index in [-0.39, 0.29) is 4.90 Å². The minimum atomic E-state index is -3.82. The minimum Gasteiger partial charge on any atom is -0.493 e. The van der Waals surface area contributed by atoms with Gasteiger partial charge in [-0.3, -0.25) is 0 Å². The number of hydrogen-bond acceptors (Lipinski definition) is 6. The maximum atomic E-state index is 12.6. The molecule has 34 heavy (non-hydrogen) atoms. The van der Waals surface area contributed by atoms with Crippen molar-refractivity contribution in [2.45, 2.75) is 4.90 Å². The van der Waals surface area contributed by atoms with Gasteiger partial charge in [-0.05, 0) is 54.6 Å². The van der Waals surface area contributed by atoms with E-state index in [0.29, 0.717) is 22.8 Å². The number of hydrogen-bond donors (Lipinski definition) is 1. The number of nitrogens with one attached hydrogen (secondary N) is 1. The van der Waals surface area contributed by atoms with Gasteiger partial charge in [0.15, 0.2) is 11.5 Å². The molecule has 0 aliphatic rings. The molecule has 4 rings (SSSR count). The average Bonchev–Trinajstić information content (AvgIpc) is 3.28. The number of ether oxygens (including phenoxy) is 2. The number of para-hydroxylation sites is 1. The first kappa shape index (κ1) is 23.5. The van der Waals surface area contributed by atoms with Gasteiger partial charge in [-0.15, -0.1) is 0 Å². The molecule has 10 heteroatoms. The van der Waals surface area contributed by atoms with Crippen molar-refractivity contribution in [2.24, 2.45) is 5.10 Å². The van der Waals surface area contributed by atoms with Gasteiger partial charge in [-0.2, -0.15) is 18.6 Å². The lowest BCUT2D eigenvalue weighted by Gasteiger charge is -2.09. The number of sulfonamides is 1. The molecule has 0 atom stereocenters. The highest BCUT2D eigenvalue weighted by Crippen LogP contribution is 2.33. The molecule has 0 unspecified atom stereocenters. The van der Waals surface area contributed by atoms with E-state index in [1.54, 1.807) is 49.4 Å².